The van der Waals surface area contributed by atoms with Crippen LogP contribution in [-0.4, -0.2) is 6.61 Å². The Bertz CT molecular complexity index is 614. The number of benzene rings is 2. The van der Waals surface area contributed by atoms with Gasteiger partial charge in [0, 0.05) is 12.2 Å². The number of ether oxygens (including phenoxy) is 1. The Morgan fingerprint density at radius 2 is 1.95 bits per heavy atom. The molecule has 2 aromatic rings. The molecule has 0 saturated heterocycles. The second-order valence-electron chi connectivity index (χ2n) is 4.48. The van der Waals surface area contributed by atoms with E-state index in [1.54, 1.807) is 0 Å². The van der Waals surface area contributed by atoms with Crippen LogP contribution in [0.15, 0.2) is 42.5 Å². The van der Waals surface area contributed by atoms with Crippen molar-refractivity contribution in [2.45, 2.75) is 13.5 Å². The molecule has 0 aliphatic rings. The van der Waals surface area contributed by atoms with E-state index in [1.807, 2.05) is 18.2 Å². The summed E-state index contributed by atoms with van der Waals surface area (Å²) in [5, 5.41) is 3.92. The summed E-state index contributed by atoms with van der Waals surface area (Å²) in [5.74, 6) is 3.03. The fourth-order valence-corrected chi connectivity index (χ4v) is 2.02. The maximum atomic E-state index is 6.15. The Kier molecular flexibility index (Phi) is 4.92. The summed E-state index contributed by atoms with van der Waals surface area (Å²) >= 11 is 6.15. The molecule has 0 amide bonds. The monoisotopic (exact) mass is 285 g/mol. The largest absolute Gasteiger partial charge is 0.479 e. The van der Waals surface area contributed by atoms with Gasteiger partial charge in [-0.1, -0.05) is 41.3 Å². The van der Waals surface area contributed by atoms with Crippen LogP contribution in [0.4, 0.5) is 5.69 Å². The fourth-order valence-electron chi connectivity index (χ4n) is 1.77. The zero-order valence-electron chi connectivity index (χ0n) is 11.3. The van der Waals surface area contributed by atoms with E-state index >= 15 is 0 Å². The van der Waals surface area contributed by atoms with Crippen molar-refractivity contribution in [3.8, 4) is 18.1 Å². The number of hydrogen-bond donors (Lipinski definition) is 1. The Morgan fingerprint density at radius 3 is 2.60 bits per heavy atom. The van der Waals surface area contributed by atoms with Crippen LogP contribution in [0.5, 0.6) is 5.75 Å². The summed E-state index contributed by atoms with van der Waals surface area (Å²) in [5.41, 5.74) is 3.41. The molecule has 0 saturated carbocycles. The van der Waals surface area contributed by atoms with E-state index < -0.39 is 0 Å². The van der Waals surface area contributed by atoms with E-state index in [0.717, 1.165) is 11.3 Å². The van der Waals surface area contributed by atoms with Gasteiger partial charge in [-0.3, -0.25) is 0 Å². The lowest BCUT2D eigenvalue weighted by atomic mass is 10.2. The molecule has 0 spiro atoms. The molecule has 0 heterocycles. The van der Waals surface area contributed by atoms with Crippen molar-refractivity contribution in [3.63, 3.8) is 0 Å². The van der Waals surface area contributed by atoms with Gasteiger partial charge in [-0.05, 0) is 36.8 Å². The molecule has 0 bridgehead atoms. The zero-order chi connectivity index (χ0) is 14.4. The zero-order valence-corrected chi connectivity index (χ0v) is 12.1. The van der Waals surface area contributed by atoms with Crippen LogP contribution in [0, 0.1) is 19.3 Å². The van der Waals surface area contributed by atoms with Crippen molar-refractivity contribution >= 4 is 17.3 Å². The molecular weight excluding hydrogens is 270 g/mol. The van der Waals surface area contributed by atoms with Crippen molar-refractivity contribution < 1.29 is 4.74 Å². The molecule has 0 aromatic heterocycles. The van der Waals surface area contributed by atoms with Crippen LogP contribution >= 0.6 is 11.6 Å². The molecule has 1 N–H and O–H groups in total. The van der Waals surface area contributed by atoms with E-state index in [0.29, 0.717) is 17.3 Å². The normalized spacial score (nSPS) is 9.85. The first-order chi connectivity index (χ1) is 9.69. The van der Waals surface area contributed by atoms with Crippen molar-refractivity contribution in [1.82, 2.24) is 0 Å². The topological polar surface area (TPSA) is 21.3 Å². The molecule has 102 valence electrons. The number of hydrogen-bond acceptors (Lipinski definition) is 2. The van der Waals surface area contributed by atoms with Gasteiger partial charge in [0.1, 0.15) is 12.4 Å². The summed E-state index contributed by atoms with van der Waals surface area (Å²) in [7, 11) is 0. The van der Waals surface area contributed by atoms with E-state index in [4.69, 9.17) is 22.8 Å². The fraction of sp³-hybridized carbons (Fsp3) is 0.176. The van der Waals surface area contributed by atoms with Crippen molar-refractivity contribution in [2.24, 2.45) is 0 Å². The van der Waals surface area contributed by atoms with Crippen LogP contribution in [0.1, 0.15) is 11.1 Å². The second kappa shape index (κ2) is 6.88. The first-order valence-corrected chi connectivity index (χ1v) is 6.72. The van der Waals surface area contributed by atoms with Gasteiger partial charge in [0.2, 0.25) is 0 Å². The molecule has 0 unspecified atom stereocenters. The van der Waals surface area contributed by atoms with Crippen molar-refractivity contribution in [1.29, 1.82) is 0 Å². The SMILES string of the molecule is C#CCOc1ccc(CNc2ccc(C)cc2)cc1Cl. The lowest BCUT2D eigenvalue weighted by Crippen LogP contribution is -2.00. The molecule has 2 aromatic carbocycles. The average Bonchev–Trinajstić information content (AvgIpc) is 2.46. The lowest BCUT2D eigenvalue weighted by Gasteiger charge is -2.09. The number of terminal acetylenes is 1. The quantitative estimate of drug-likeness (QED) is 0.828. The molecule has 0 aliphatic heterocycles. The predicted molar refractivity (Wildman–Crippen MR) is 84.3 cm³/mol. The molecule has 0 aliphatic carbocycles. The van der Waals surface area contributed by atoms with Gasteiger partial charge in [0.05, 0.1) is 5.02 Å². The molecule has 0 radical (unpaired) electrons. The highest BCUT2D eigenvalue weighted by atomic mass is 35.5. The van der Waals surface area contributed by atoms with Gasteiger partial charge in [-0.25, -0.2) is 0 Å². The summed E-state index contributed by atoms with van der Waals surface area (Å²) in [4.78, 5) is 0. The first kappa shape index (κ1) is 14.3. The van der Waals surface area contributed by atoms with Crippen molar-refractivity contribution in [2.75, 3.05) is 11.9 Å². The minimum Gasteiger partial charge on any atom is -0.479 e. The van der Waals surface area contributed by atoms with Crippen LogP contribution < -0.4 is 10.1 Å². The minimum absolute atomic E-state index is 0.223. The third kappa shape index (κ3) is 3.94. The standard InChI is InChI=1S/C17H16ClNO/c1-3-10-20-17-9-6-14(11-16(17)18)12-19-15-7-4-13(2)5-8-15/h1,4-9,11,19H,10,12H2,2H3. The third-order valence-electron chi connectivity index (χ3n) is 2.86. The molecule has 0 atom stereocenters. The van der Waals surface area contributed by atoms with Gasteiger partial charge in [-0.15, -0.1) is 6.42 Å². The third-order valence-corrected chi connectivity index (χ3v) is 3.15. The Morgan fingerprint density at radius 1 is 1.20 bits per heavy atom. The lowest BCUT2D eigenvalue weighted by molar-refractivity contribution is 0.370. The van der Waals surface area contributed by atoms with Crippen LogP contribution in [0.25, 0.3) is 0 Å². The first-order valence-electron chi connectivity index (χ1n) is 6.34. The van der Waals surface area contributed by atoms with E-state index in [9.17, 15) is 0 Å². The van der Waals surface area contributed by atoms with Gasteiger partial charge >= 0.3 is 0 Å². The average molecular weight is 286 g/mol. The van der Waals surface area contributed by atoms with Crippen LogP contribution in [-0.2, 0) is 6.54 Å². The van der Waals surface area contributed by atoms with Crippen LogP contribution in [0.2, 0.25) is 5.02 Å². The molecular formula is C17H16ClNO. The molecule has 3 heteroatoms. The molecule has 20 heavy (non-hydrogen) atoms. The Hall–Kier alpha value is -2.11. The minimum atomic E-state index is 0.223. The number of anilines is 1. The van der Waals surface area contributed by atoms with E-state index in [2.05, 4.69) is 42.4 Å². The van der Waals surface area contributed by atoms with Gasteiger partial charge < -0.3 is 10.1 Å². The number of rotatable bonds is 5. The summed E-state index contributed by atoms with van der Waals surface area (Å²) in [6.45, 7) is 3.00. The number of halogens is 1. The van der Waals surface area contributed by atoms with E-state index in [1.165, 1.54) is 5.56 Å². The molecule has 2 rings (SSSR count). The maximum absolute atomic E-state index is 6.15. The molecule has 2 nitrogen and oxygen atoms in total. The van der Waals surface area contributed by atoms with Gasteiger partial charge in [0.25, 0.3) is 0 Å². The number of nitrogens with one attached hydrogen (secondary N) is 1. The smallest absolute Gasteiger partial charge is 0.148 e. The highest BCUT2D eigenvalue weighted by Crippen LogP contribution is 2.25. The molecule has 0 fully saturated rings. The van der Waals surface area contributed by atoms with E-state index in [-0.39, 0.29) is 6.61 Å². The van der Waals surface area contributed by atoms with Gasteiger partial charge in [-0.2, -0.15) is 0 Å². The predicted octanol–water partition coefficient (Wildman–Crippen LogP) is 4.27. The van der Waals surface area contributed by atoms with Crippen molar-refractivity contribution in [3.05, 3.63) is 58.6 Å². The highest BCUT2D eigenvalue weighted by Gasteiger charge is 2.03. The summed E-state index contributed by atoms with van der Waals surface area (Å²) < 4.78 is 5.33. The Labute approximate surface area is 124 Å². The maximum Gasteiger partial charge on any atom is 0.148 e. The highest BCUT2D eigenvalue weighted by molar-refractivity contribution is 6.32. The van der Waals surface area contributed by atoms with Gasteiger partial charge in [0.15, 0.2) is 0 Å². The summed E-state index contributed by atoms with van der Waals surface area (Å²) in [6, 6.07) is 14.0. The van der Waals surface area contributed by atoms with Crippen LogP contribution in [0.3, 0.4) is 0 Å². The Balaban J connectivity index is 1.98. The summed E-state index contributed by atoms with van der Waals surface area (Å²) in [6.07, 6.45) is 5.15. The second-order valence-corrected chi connectivity index (χ2v) is 4.88. The number of aryl methyl sites for hydroxylation is 1.